The molecule has 2 rings (SSSR count). The second kappa shape index (κ2) is 9.83. The second-order valence-corrected chi connectivity index (χ2v) is 5.99. The number of halogens is 1. The van der Waals surface area contributed by atoms with Gasteiger partial charge in [0.05, 0.1) is 17.2 Å². The lowest BCUT2D eigenvalue weighted by Gasteiger charge is -2.11. The highest BCUT2D eigenvalue weighted by molar-refractivity contribution is 14.0. The van der Waals surface area contributed by atoms with Crippen LogP contribution in [0.1, 0.15) is 30.5 Å². The van der Waals surface area contributed by atoms with E-state index in [2.05, 4.69) is 56.8 Å². The summed E-state index contributed by atoms with van der Waals surface area (Å²) in [6.45, 7) is 6.78. The first kappa shape index (κ1) is 19.0. The maximum Gasteiger partial charge on any atom is 0.191 e. The lowest BCUT2D eigenvalue weighted by molar-refractivity contribution is 0.664. The molecule has 0 radical (unpaired) electrons. The Morgan fingerprint density at radius 2 is 2.05 bits per heavy atom. The van der Waals surface area contributed by atoms with Crippen LogP contribution >= 0.6 is 35.3 Å². The predicted octanol–water partition coefficient (Wildman–Crippen LogP) is 3.05. The SMILES string of the molecule is CN=C(NCCn1cccc1)NCc1csc(C(C)C)n1.I. The van der Waals surface area contributed by atoms with Crippen LogP contribution in [0.15, 0.2) is 34.9 Å². The average molecular weight is 433 g/mol. The Kier molecular flexibility index (Phi) is 8.47. The third-order valence-corrected chi connectivity index (χ3v) is 4.25. The van der Waals surface area contributed by atoms with Crippen molar-refractivity contribution in [3.05, 3.63) is 40.6 Å². The minimum absolute atomic E-state index is 0. The largest absolute Gasteiger partial charge is 0.355 e. The zero-order valence-corrected chi connectivity index (χ0v) is 16.4. The van der Waals surface area contributed by atoms with Crippen molar-refractivity contribution in [2.75, 3.05) is 13.6 Å². The standard InChI is InChI=1S/C15H23N5S.HI/c1-12(2)14-19-13(11-21-14)10-18-15(16-3)17-6-9-20-7-4-5-8-20;/h4-5,7-8,11-12H,6,9-10H2,1-3H3,(H2,16,17,18);1H. The van der Waals surface area contributed by atoms with Gasteiger partial charge in [0.25, 0.3) is 0 Å². The molecule has 2 N–H and O–H groups in total. The molecular formula is C15H24IN5S. The highest BCUT2D eigenvalue weighted by atomic mass is 127. The van der Waals surface area contributed by atoms with Gasteiger partial charge in [-0.3, -0.25) is 4.99 Å². The minimum Gasteiger partial charge on any atom is -0.355 e. The third kappa shape index (κ3) is 5.96. The van der Waals surface area contributed by atoms with Crippen molar-refractivity contribution in [1.29, 1.82) is 0 Å². The van der Waals surface area contributed by atoms with Crippen molar-refractivity contribution in [3.8, 4) is 0 Å². The maximum absolute atomic E-state index is 4.61. The number of hydrogen-bond acceptors (Lipinski definition) is 3. The predicted molar refractivity (Wildman–Crippen MR) is 104 cm³/mol. The molecule has 0 bridgehead atoms. The van der Waals surface area contributed by atoms with Gasteiger partial charge >= 0.3 is 0 Å². The lowest BCUT2D eigenvalue weighted by Crippen LogP contribution is -2.38. The third-order valence-electron chi connectivity index (χ3n) is 3.05. The quantitative estimate of drug-likeness (QED) is 0.418. The fraction of sp³-hybridized carbons (Fsp3) is 0.467. The van der Waals surface area contributed by atoms with Gasteiger partial charge in [-0.15, -0.1) is 35.3 Å². The Balaban J connectivity index is 0.00000242. The van der Waals surface area contributed by atoms with Crippen LogP contribution < -0.4 is 10.6 Å². The molecule has 22 heavy (non-hydrogen) atoms. The van der Waals surface area contributed by atoms with Crippen molar-refractivity contribution in [3.63, 3.8) is 0 Å². The van der Waals surface area contributed by atoms with Crippen LogP contribution in [0, 0.1) is 0 Å². The molecule has 0 aliphatic rings. The molecule has 0 aliphatic carbocycles. The molecule has 0 fully saturated rings. The van der Waals surface area contributed by atoms with Crippen LogP contribution in [0.3, 0.4) is 0 Å². The summed E-state index contributed by atoms with van der Waals surface area (Å²) in [5.74, 6) is 1.30. The lowest BCUT2D eigenvalue weighted by atomic mass is 10.2. The minimum atomic E-state index is 0. The molecule has 2 aromatic heterocycles. The molecule has 2 aromatic rings. The van der Waals surface area contributed by atoms with Gasteiger partial charge in [0.1, 0.15) is 0 Å². The molecule has 2 heterocycles. The number of nitrogens with one attached hydrogen (secondary N) is 2. The van der Waals surface area contributed by atoms with E-state index in [-0.39, 0.29) is 24.0 Å². The first-order valence-electron chi connectivity index (χ1n) is 7.18. The smallest absolute Gasteiger partial charge is 0.191 e. The van der Waals surface area contributed by atoms with E-state index >= 15 is 0 Å². The number of thiazole rings is 1. The number of guanidine groups is 1. The zero-order valence-electron chi connectivity index (χ0n) is 13.2. The summed E-state index contributed by atoms with van der Waals surface area (Å²) in [5, 5.41) is 9.88. The molecular weight excluding hydrogens is 409 g/mol. The highest BCUT2D eigenvalue weighted by Gasteiger charge is 2.06. The van der Waals surface area contributed by atoms with Crippen LogP contribution in [0.4, 0.5) is 0 Å². The summed E-state index contributed by atoms with van der Waals surface area (Å²) in [6, 6.07) is 4.06. The molecule has 0 aliphatic heterocycles. The van der Waals surface area contributed by atoms with Crippen LogP contribution in [0.5, 0.6) is 0 Å². The molecule has 0 aromatic carbocycles. The summed E-state index contributed by atoms with van der Waals surface area (Å²) in [6.07, 6.45) is 4.11. The van der Waals surface area contributed by atoms with Gasteiger partial charge in [-0.1, -0.05) is 13.8 Å². The summed E-state index contributed by atoms with van der Waals surface area (Å²) in [7, 11) is 1.78. The van der Waals surface area contributed by atoms with Crippen LogP contribution in [-0.2, 0) is 13.1 Å². The van der Waals surface area contributed by atoms with E-state index in [1.165, 1.54) is 5.01 Å². The van der Waals surface area contributed by atoms with Crippen LogP contribution in [-0.4, -0.2) is 29.1 Å². The molecule has 0 saturated heterocycles. The average Bonchev–Trinajstić information content (AvgIpc) is 3.13. The first-order valence-corrected chi connectivity index (χ1v) is 8.06. The Morgan fingerprint density at radius 1 is 1.32 bits per heavy atom. The van der Waals surface area contributed by atoms with E-state index < -0.39 is 0 Å². The molecule has 0 amide bonds. The molecule has 7 heteroatoms. The normalized spacial score (nSPS) is 11.4. The summed E-state index contributed by atoms with van der Waals surface area (Å²) in [4.78, 5) is 8.83. The van der Waals surface area contributed by atoms with Gasteiger partial charge in [-0.2, -0.15) is 0 Å². The Labute approximate surface area is 153 Å². The van der Waals surface area contributed by atoms with E-state index in [0.717, 1.165) is 24.7 Å². The van der Waals surface area contributed by atoms with E-state index in [1.54, 1.807) is 18.4 Å². The Hall–Kier alpha value is -1.09. The van der Waals surface area contributed by atoms with Crippen molar-refractivity contribution in [1.82, 2.24) is 20.2 Å². The fourth-order valence-corrected chi connectivity index (χ4v) is 2.72. The van der Waals surface area contributed by atoms with E-state index in [1.807, 2.05) is 12.1 Å². The fourth-order valence-electron chi connectivity index (χ4n) is 1.89. The van der Waals surface area contributed by atoms with Gasteiger partial charge in [0.15, 0.2) is 5.96 Å². The van der Waals surface area contributed by atoms with Gasteiger partial charge in [-0.25, -0.2) is 4.98 Å². The zero-order chi connectivity index (χ0) is 15.1. The monoisotopic (exact) mass is 433 g/mol. The number of aliphatic imine (C=N–C) groups is 1. The van der Waals surface area contributed by atoms with E-state index in [0.29, 0.717) is 12.5 Å². The highest BCUT2D eigenvalue weighted by Crippen LogP contribution is 2.18. The molecule has 0 spiro atoms. The van der Waals surface area contributed by atoms with Crippen molar-refractivity contribution in [2.24, 2.45) is 4.99 Å². The molecule has 122 valence electrons. The number of hydrogen-bond donors (Lipinski definition) is 2. The molecule has 5 nitrogen and oxygen atoms in total. The summed E-state index contributed by atoms with van der Waals surface area (Å²) in [5.41, 5.74) is 1.07. The summed E-state index contributed by atoms with van der Waals surface area (Å²) < 4.78 is 2.13. The van der Waals surface area contributed by atoms with E-state index in [4.69, 9.17) is 0 Å². The van der Waals surface area contributed by atoms with Crippen molar-refractivity contribution >= 4 is 41.3 Å². The Bertz CT molecular complexity index is 562. The van der Waals surface area contributed by atoms with E-state index in [9.17, 15) is 0 Å². The van der Waals surface area contributed by atoms with Crippen molar-refractivity contribution < 1.29 is 0 Å². The van der Waals surface area contributed by atoms with Crippen LogP contribution in [0.25, 0.3) is 0 Å². The van der Waals surface area contributed by atoms with Crippen LogP contribution in [0.2, 0.25) is 0 Å². The topological polar surface area (TPSA) is 54.2 Å². The Morgan fingerprint density at radius 3 is 2.64 bits per heavy atom. The number of nitrogens with zero attached hydrogens (tertiary/aromatic N) is 3. The first-order chi connectivity index (χ1) is 10.2. The van der Waals surface area contributed by atoms with Gasteiger partial charge in [0.2, 0.25) is 0 Å². The molecule has 0 unspecified atom stereocenters. The molecule has 0 atom stereocenters. The number of aromatic nitrogens is 2. The van der Waals surface area contributed by atoms with Gasteiger partial charge < -0.3 is 15.2 Å². The maximum atomic E-state index is 4.61. The van der Waals surface area contributed by atoms with Gasteiger partial charge in [-0.05, 0) is 12.1 Å². The van der Waals surface area contributed by atoms with Gasteiger partial charge in [0, 0.05) is 43.8 Å². The molecule has 0 saturated carbocycles. The second-order valence-electron chi connectivity index (χ2n) is 5.11. The van der Waals surface area contributed by atoms with Crippen molar-refractivity contribution in [2.45, 2.75) is 32.9 Å². The summed E-state index contributed by atoms with van der Waals surface area (Å²) >= 11 is 1.72. The number of rotatable bonds is 6.